The van der Waals surface area contributed by atoms with Crippen LogP contribution in [0.2, 0.25) is 10.0 Å². The fourth-order valence-electron chi connectivity index (χ4n) is 0.724. The highest BCUT2D eigenvalue weighted by Gasteiger charge is 2.10. The van der Waals surface area contributed by atoms with Gasteiger partial charge in [0.25, 0.3) is 0 Å². The molecule has 0 unspecified atom stereocenters. The summed E-state index contributed by atoms with van der Waals surface area (Å²) in [7, 11) is -4.34. The normalized spacial score (nSPS) is 11.3. The van der Waals surface area contributed by atoms with Gasteiger partial charge in [-0.2, -0.15) is 8.42 Å². The molecule has 0 fully saturated rings. The van der Waals surface area contributed by atoms with Gasteiger partial charge in [-0.1, -0.05) is 29.3 Å². The van der Waals surface area contributed by atoms with E-state index in [0.717, 1.165) is 0 Å². The van der Waals surface area contributed by atoms with E-state index in [-0.39, 0.29) is 15.7 Å². The molecule has 0 saturated heterocycles. The van der Waals surface area contributed by atoms with Crippen LogP contribution in [0.3, 0.4) is 0 Å². The van der Waals surface area contributed by atoms with Gasteiger partial charge in [0.2, 0.25) is 0 Å². The first kappa shape index (κ1) is 10.6. The summed E-state index contributed by atoms with van der Waals surface area (Å²) in [4.78, 5) is 0. The van der Waals surface area contributed by atoms with Crippen LogP contribution in [0.15, 0.2) is 18.2 Å². The average Bonchev–Trinajstić information content (AvgIpc) is 1.95. The monoisotopic (exact) mass is 241 g/mol. The molecule has 0 aliphatic heterocycles. The summed E-state index contributed by atoms with van der Waals surface area (Å²) in [5.41, 5.74) is -0.0340. The van der Waals surface area contributed by atoms with Crippen molar-refractivity contribution >= 4 is 39.2 Å². The van der Waals surface area contributed by atoms with Gasteiger partial charge in [-0.3, -0.25) is 9.27 Å². The second-order valence-corrected chi connectivity index (χ2v) is 4.14. The van der Waals surface area contributed by atoms with Crippen molar-refractivity contribution in [2.75, 3.05) is 4.72 Å². The van der Waals surface area contributed by atoms with Crippen molar-refractivity contribution in [3.8, 4) is 0 Å². The molecular weight excluding hydrogens is 237 g/mol. The van der Waals surface area contributed by atoms with Gasteiger partial charge >= 0.3 is 10.3 Å². The zero-order valence-electron chi connectivity index (χ0n) is 6.16. The van der Waals surface area contributed by atoms with Crippen molar-refractivity contribution < 1.29 is 13.0 Å². The van der Waals surface area contributed by atoms with E-state index in [1.165, 1.54) is 12.1 Å². The van der Waals surface area contributed by atoms with Gasteiger partial charge < -0.3 is 0 Å². The van der Waals surface area contributed by atoms with Crippen LogP contribution in [-0.2, 0) is 10.3 Å². The number of anilines is 1. The molecule has 72 valence electrons. The molecule has 13 heavy (non-hydrogen) atoms. The number of hydrogen-bond donors (Lipinski definition) is 2. The minimum absolute atomic E-state index is 0.0340. The quantitative estimate of drug-likeness (QED) is 0.781. The second kappa shape index (κ2) is 3.71. The Labute approximate surface area is 85.4 Å². The Balaban J connectivity index is 3.15. The summed E-state index contributed by atoms with van der Waals surface area (Å²) in [6.45, 7) is 0. The van der Waals surface area contributed by atoms with E-state index >= 15 is 0 Å². The molecule has 0 aliphatic carbocycles. The van der Waals surface area contributed by atoms with Crippen molar-refractivity contribution in [2.45, 2.75) is 0 Å². The molecule has 0 spiro atoms. The standard InChI is InChI=1S/C6H5Cl2NO3S/c7-4-2-1-3-5(8)6(4)9-13(10,11)12/h1-3,9H,(H,10,11,12). The Bertz CT molecular complexity index is 398. The van der Waals surface area contributed by atoms with Crippen molar-refractivity contribution in [2.24, 2.45) is 0 Å². The summed E-state index contributed by atoms with van der Waals surface area (Å²) in [5, 5.41) is 0.232. The van der Waals surface area contributed by atoms with Crippen molar-refractivity contribution in [3.05, 3.63) is 28.2 Å². The fourth-order valence-corrected chi connectivity index (χ4v) is 1.81. The largest absolute Gasteiger partial charge is 0.357 e. The highest BCUT2D eigenvalue weighted by molar-refractivity contribution is 7.87. The van der Waals surface area contributed by atoms with Crippen LogP contribution in [-0.4, -0.2) is 13.0 Å². The molecule has 1 aromatic carbocycles. The lowest BCUT2D eigenvalue weighted by Crippen LogP contribution is -2.10. The topological polar surface area (TPSA) is 66.4 Å². The third kappa shape index (κ3) is 3.04. The van der Waals surface area contributed by atoms with E-state index in [9.17, 15) is 8.42 Å². The lowest BCUT2D eigenvalue weighted by atomic mass is 10.3. The molecule has 0 atom stereocenters. The lowest BCUT2D eigenvalue weighted by molar-refractivity contribution is 0.489. The predicted molar refractivity (Wildman–Crippen MR) is 51.6 cm³/mol. The SMILES string of the molecule is O=S(=O)(O)Nc1c(Cl)cccc1Cl. The van der Waals surface area contributed by atoms with Crippen LogP contribution in [0.4, 0.5) is 5.69 Å². The predicted octanol–water partition coefficient (Wildman–Crippen LogP) is 2.21. The third-order valence-electron chi connectivity index (χ3n) is 1.19. The van der Waals surface area contributed by atoms with Gasteiger partial charge in [-0.15, -0.1) is 0 Å². The van der Waals surface area contributed by atoms with Crippen molar-refractivity contribution in [3.63, 3.8) is 0 Å². The summed E-state index contributed by atoms with van der Waals surface area (Å²) in [6, 6.07) is 4.45. The number of benzene rings is 1. The van der Waals surface area contributed by atoms with Crippen LogP contribution >= 0.6 is 23.2 Å². The fraction of sp³-hybridized carbons (Fsp3) is 0. The first-order chi connectivity index (χ1) is 5.90. The minimum atomic E-state index is -4.34. The molecular formula is C6H5Cl2NO3S. The Morgan fingerprint density at radius 2 is 1.69 bits per heavy atom. The number of hydrogen-bond acceptors (Lipinski definition) is 2. The van der Waals surface area contributed by atoms with E-state index in [4.69, 9.17) is 27.8 Å². The molecule has 0 saturated carbocycles. The van der Waals surface area contributed by atoms with Crippen LogP contribution in [0.1, 0.15) is 0 Å². The minimum Gasteiger partial charge on any atom is -0.269 e. The number of rotatable bonds is 2. The summed E-state index contributed by atoms with van der Waals surface area (Å²) in [6.07, 6.45) is 0. The molecule has 0 radical (unpaired) electrons. The Hall–Kier alpha value is -0.490. The molecule has 7 heteroatoms. The molecule has 2 N–H and O–H groups in total. The smallest absolute Gasteiger partial charge is 0.269 e. The van der Waals surface area contributed by atoms with Gasteiger partial charge in [0.1, 0.15) is 0 Å². The van der Waals surface area contributed by atoms with Gasteiger partial charge in [0.05, 0.1) is 15.7 Å². The molecule has 1 rings (SSSR count). The second-order valence-electron chi connectivity index (χ2n) is 2.17. The van der Waals surface area contributed by atoms with Gasteiger partial charge in [-0.05, 0) is 12.1 Å². The Morgan fingerprint density at radius 3 is 2.08 bits per heavy atom. The average molecular weight is 242 g/mol. The Kier molecular flexibility index (Phi) is 3.02. The first-order valence-corrected chi connectivity index (χ1v) is 5.29. The van der Waals surface area contributed by atoms with E-state index in [2.05, 4.69) is 0 Å². The molecule has 1 aromatic rings. The van der Waals surface area contributed by atoms with Gasteiger partial charge in [0, 0.05) is 0 Å². The highest BCUT2D eigenvalue weighted by atomic mass is 35.5. The van der Waals surface area contributed by atoms with Crippen LogP contribution < -0.4 is 4.72 Å². The first-order valence-electron chi connectivity index (χ1n) is 3.09. The molecule has 0 aromatic heterocycles. The van der Waals surface area contributed by atoms with Crippen LogP contribution in [0.25, 0.3) is 0 Å². The van der Waals surface area contributed by atoms with Crippen molar-refractivity contribution in [1.29, 1.82) is 0 Å². The van der Waals surface area contributed by atoms with E-state index < -0.39 is 10.3 Å². The highest BCUT2D eigenvalue weighted by Crippen LogP contribution is 2.30. The number of halogens is 2. The molecule has 4 nitrogen and oxygen atoms in total. The Morgan fingerprint density at radius 1 is 1.23 bits per heavy atom. The van der Waals surface area contributed by atoms with Crippen molar-refractivity contribution in [1.82, 2.24) is 0 Å². The third-order valence-corrected chi connectivity index (χ3v) is 2.29. The lowest BCUT2D eigenvalue weighted by Gasteiger charge is -2.06. The maximum atomic E-state index is 10.4. The zero-order chi connectivity index (χ0) is 10.1. The maximum Gasteiger partial charge on any atom is 0.357 e. The van der Waals surface area contributed by atoms with Crippen LogP contribution in [0.5, 0.6) is 0 Å². The number of para-hydroxylation sites is 1. The van der Waals surface area contributed by atoms with E-state index in [1.807, 2.05) is 0 Å². The maximum absolute atomic E-state index is 10.4. The molecule has 0 amide bonds. The molecule has 0 aliphatic rings. The summed E-state index contributed by atoms with van der Waals surface area (Å²) < 4.78 is 31.1. The van der Waals surface area contributed by atoms with Gasteiger partial charge in [-0.25, -0.2) is 0 Å². The van der Waals surface area contributed by atoms with Gasteiger partial charge in [0.15, 0.2) is 0 Å². The summed E-state index contributed by atoms with van der Waals surface area (Å²) >= 11 is 11.2. The summed E-state index contributed by atoms with van der Waals surface area (Å²) in [5.74, 6) is 0. The molecule has 0 heterocycles. The van der Waals surface area contributed by atoms with Crippen LogP contribution in [0, 0.1) is 0 Å². The van der Waals surface area contributed by atoms with E-state index in [1.54, 1.807) is 10.8 Å². The van der Waals surface area contributed by atoms with E-state index in [0.29, 0.717) is 0 Å². The number of nitrogens with one attached hydrogen (secondary N) is 1. The molecule has 0 bridgehead atoms. The zero-order valence-corrected chi connectivity index (χ0v) is 8.49.